The molecular weight excluding hydrogens is 132 g/mol. The molecule has 1 rings (SSSR count). The molecule has 1 atom stereocenters. The molecule has 0 radical (unpaired) electrons. The molecule has 1 unspecified atom stereocenters. The molecule has 0 spiro atoms. The molecule has 0 nitrogen and oxygen atoms in total. The molecule has 11 heavy (non-hydrogen) atoms. The van der Waals surface area contributed by atoms with Crippen LogP contribution < -0.4 is 0 Å². The molecule has 0 bridgehead atoms. The van der Waals surface area contributed by atoms with Gasteiger partial charge in [0.15, 0.2) is 0 Å². The predicted molar refractivity (Wildman–Crippen MR) is 50.5 cm³/mol. The second-order valence-electron chi connectivity index (χ2n) is 3.51. The van der Waals surface area contributed by atoms with Gasteiger partial charge >= 0.3 is 0 Å². The average Bonchev–Trinajstić information content (AvgIpc) is 2.36. The molecule has 0 heterocycles. The minimum atomic E-state index is 0.662. The molecule has 0 N–H and O–H groups in total. The Morgan fingerprint density at radius 3 is 2.82 bits per heavy atom. The molecule has 0 aromatic rings. The molecular formula is C11H18. The summed E-state index contributed by atoms with van der Waals surface area (Å²) >= 11 is 0. The van der Waals surface area contributed by atoms with E-state index in [9.17, 15) is 0 Å². The molecule has 0 aliphatic heterocycles. The standard InChI is InChI=1S/C11H18/c1-4-6-9(2)11-8-5-7-10(11)3/h11H,2-8H2,1H3. The van der Waals surface area contributed by atoms with Crippen molar-refractivity contribution in [3.8, 4) is 0 Å². The Morgan fingerprint density at radius 1 is 1.64 bits per heavy atom. The summed E-state index contributed by atoms with van der Waals surface area (Å²) in [5, 5.41) is 0. The van der Waals surface area contributed by atoms with Crippen LogP contribution in [-0.4, -0.2) is 0 Å². The van der Waals surface area contributed by atoms with Crippen molar-refractivity contribution in [3.63, 3.8) is 0 Å². The zero-order chi connectivity index (χ0) is 8.27. The van der Waals surface area contributed by atoms with E-state index in [2.05, 4.69) is 20.1 Å². The fourth-order valence-corrected chi connectivity index (χ4v) is 1.90. The van der Waals surface area contributed by atoms with Crippen molar-refractivity contribution in [2.24, 2.45) is 5.92 Å². The van der Waals surface area contributed by atoms with Crippen LogP contribution in [-0.2, 0) is 0 Å². The van der Waals surface area contributed by atoms with Gasteiger partial charge < -0.3 is 0 Å². The monoisotopic (exact) mass is 150 g/mol. The van der Waals surface area contributed by atoms with Gasteiger partial charge in [-0.05, 0) is 25.7 Å². The maximum atomic E-state index is 4.12. The van der Waals surface area contributed by atoms with Crippen molar-refractivity contribution in [2.45, 2.75) is 39.0 Å². The minimum Gasteiger partial charge on any atom is -0.0993 e. The SMILES string of the molecule is C=C(CCC)C1CCCC1=C. The van der Waals surface area contributed by atoms with Gasteiger partial charge in [-0.3, -0.25) is 0 Å². The number of rotatable bonds is 3. The van der Waals surface area contributed by atoms with Gasteiger partial charge in [-0.15, -0.1) is 0 Å². The zero-order valence-corrected chi connectivity index (χ0v) is 7.53. The summed E-state index contributed by atoms with van der Waals surface area (Å²) in [5.74, 6) is 0.662. The maximum Gasteiger partial charge on any atom is 0.000165 e. The summed E-state index contributed by atoms with van der Waals surface area (Å²) in [4.78, 5) is 0. The first kappa shape index (κ1) is 8.58. The van der Waals surface area contributed by atoms with Crippen LogP contribution in [0.2, 0.25) is 0 Å². The van der Waals surface area contributed by atoms with Crippen molar-refractivity contribution in [1.29, 1.82) is 0 Å². The normalized spacial score (nSPS) is 24.1. The van der Waals surface area contributed by atoms with Crippen LogP contribution in [0.15, 0.2) is 24.3 Å². The van der Waals surface area contributed by atoms with E-state index < -0.39 is 0 Å². The highest BCUT2D eigenvalue weighted by Crippen LogP contribution is 2.35. The second-order valence-corrected chi connectivity index (χ2v) is 3.51. The van der Waals surface area contributed by atoms with E-state index in [1.54, 1.807) is 0 Å². The van der Waals surface area contributed by atoms with Crippen molar-refractivity contribution < 1.29 is 0 Å². The number of hydrogen-bond donors (Lipinski definition) is 0. The lowest BCUT2D eigenvalue weighted by atomic mass is 9.93. The Labute approximate surface area is 70.0 Å². The lowest BCUT2D eigenvalue weighted by Gasteiger charge is -2.13. The number of hydrogen-bond acceptors (Lipinski definition) is 0. The Bertz CT molecular complexity index is 165. The van der Waals surface area contributed by atoms with Crippen LogP contribution in [0.25, 0.3) is 0 Å². The second kappa shape index (κ2) is 3.75. The Balaban J connectivity index is 2.46. The molecule has 1 fully saturated rings. The molecule has 0 heteroatoms. The van der Waals surface area contributed by atoms with E-state index in [1.807, 2.05) is 0 Å². The van der Waals surface area contributed by atoms with Crippen LogP contribution in [0.4, 0.5) is 0 Å². The molecule has 0 amide bonds. The van der Waals surface area contributed by atoms with Crippen molar-refractivity contribution in [2.75, 3.05) is 0 Å². The van der Waals surface area contributed by atoms with E-state index in [0.717, 1.165) is 0 Å². The quantitative estimate of drug-likeness (QED) is 0.538. The zero-order valence-electron chi connectivity index (χ0n) is 7.53. The molecule has 1 aliphatic carbocycles. The Morgan fingerprint density at radius 2 is 2.36 bits per heavy atom. The van der Waals surface area contributed by atoms with Crippen LogP contribution in [0.3, 0.4) is 0 Å². The molecule has 0 saturated heterocycles. The topological polar surface area (TPSA) is 0 Å². The van der Waals surface area contributed by atoms with Gasteiger partial charge in [0.25, 0.3) is 0 Å². The highest BCUT2D eigenvalue weighted by atomic mass is 14.3. The van der Waals surface area contributed by atoms with E-state index in [4.69, 9.17) is 0 Å². The average molecular weight is 150 g/mol. The van der Waals surface area contributed by atoms with Gasteiger partial charge in [-0.2, -0.15) is 0 Å². The number of allylic oxidation sites excluding steroid dienone is 2. The first-order chi connectivity index (χ1) is 5.25. The van der Waals surface area contributed by atoms with Crippen LogP contribution >= 0.6 is 0 Å². The summed E-state index contributed by atoms with van der Waals surface area (Å²) < 4.78 is 0. The summed E-state index contributed by atoms with van der Waals surface area (Å²) in [5.41, 5.74) is 2.83. The fraction of sp³-hybridized carbons (Fsp3) is 0.636. The minimum absolute atomic E-state index is 0.662. The third-order valence-electron chi connectivity index (χ3n) is 2.55. The smallest absolute Gasteiger partial charge is 0.000165 e. The fourth-order valence-electron chi connectivity index (χ4n) is 1.90. The Hall–Kier alpha value is -0.520. The van der Waals surface area contributed by atoms with Gasteiger partial charge in [0.1, 0.15) is 0 Å². The summed E-state index contributed by atoms with van der Waals surface area (Å²) in [6.07, 6.45) is 6.27. The predicted octanol–water partition coefficient (Wildman–Crippen LogP) is 3.70. The van der Waals surface area contributed by atoms with Crippen LogP contribution in [0.5, 0.6) is 0 Å². The highest BCUT2D eigenvalue weighted by molar-refractivity contribution is 5.19. The first-order valence-corrected chi connectivity index (χ1v) is 4.61. The maximum absolute atomic E-state index is 4.12. The van der Waals surface area contributed by atoms with Crippen LogP contribution in [0, 0.1) is 5.92 Å². The van der Waals surface area contributed by atoms with Crippen molar-refractivity contribution in [3.05, 3.63) is 24.3 Å². The first-order valence-electron chi connectivity index (χ1n) is 4.61. The van der Waals surface area contributed by atoms with Gasteiger partial charge in [0, 0.05) is 5.92 Å². The van der Waals surface area contributed by atoms with Crippen LogP contribution in [0.1, 0.15) is 39.0 Å². The molecule has 0 aromatic carbocycles. The van der Waals surface area contributed by atoms with E-state index in [0.29, 0.717) is 5.92 Å². The molecule has 1 aliphatic rings. The Kier molecular flexibility index (Phi) is 2.92. The summed E-state index contributed by atoms with van der Waals surface area (Å²) in [7, 11) is 0. The molecule has 1 saturated carbocycles. The summed E-state index contributed by atoms with van der Waals surface area (Å²) in [6, 6.07) is 0. The highest BCUT2D eigenvalue weighted by Gasteiger charge is 2.20. The van der Waals surface area contributed by atoms with E-state index >= 15 is 0 Å². The lowest BCUT2D eigenvalue weighted by molar-refractivity contribution is 0.680. The third kappa shape index (κ3) is 1.95. The molecule has 0 aromatic heterocycles. The third-order valence-corrected chi connectivity index (χ3v) is 2.55. The van der Waals surface area contributed by atoms with Crippen molar-refractivity contribution >= 4 is 0 Å². The summed E-state index contributed by atoms with van der Waals surface area (Å²) in [6.45, 7) is 10.4. The molecule has 62 valence electrons. The van der Waals surface area contributed by atoms with E-state index in [-0.39, 0.29) is 0 Å². The van der Waals surface area contributed by atoms with Gasteiger partial charge in [0.05, 0.1) is 0 Å². The lowest BCUT2D eigenvalue weighted by Crippen LogP contribution is -1.98. The van der Waals surface area contributed by atoms with Crippen molar-refractivity contribution in [1.82, 2.24) is 0 Å². The van der Waals surface area contributed by atoms with Gasteiger partial charge in [0.2, 0.25) is 0 Å². The van der Waals surface area contributed by atoms with Gasteiger partial charge in [-0.25, -0.2) is 0 Å². The van der Waals surface area contributed by atoms with Gasteiger partial charge in [-0.1, -0.05) is 37.6 Å². The van der Waals surface area contributed by atoms with E-state index in [1.165, 1.54) is 43.3 Å². The largest absolute Gasteiger partial charge is 0.0993 e.